The van der Waals surface area contributed by atoms with Crippen molar-refractivity contribution in [2.24, 2.45) is 0 Å². The lowest BCUT2D eigenvalue weighted by atomic mass is 10.0. The minimum Gasteiger partial charge on any atom is -0.497 e. The van der Waals surface area contributed by atoms with Crippen molar-refractivity contribution < 1.29 is 14.3 Å². The Morgan fingerprint density at radius 3 is 2.31 bits per heavy atom. The fourth-order valence-corrected chi connectivity index (χ4v) is 5.25. The summed E-state index contributed by atoms with van der Waals surface area (Å²) in [6, 6.07) is 23.1. The van der Waals surface area contributed by atoms with Gasteiger partial charge in [0.15, 0.2) is 0 Å². The van der Waals surface area contributed by atoms with Crippen molar-refractivity contribution in [3.8, 4) is 5.75 Å². The molecule has 1 aliphatic rings. The van der Waals surface area contributed by atoms with Gasteiger partial charge in [0.25, 0.3) is 11.8 Å². The van der Waals surface area contributed by atoms with Gasteiger partial charge < -0.3 is 10.1 Å². The van der Waals surface area contributed by atoms with Crippen LogP contribution in [0.5, 0.6) is 5.75 Å². The third-order valence-electron chi connectivity index (χ3n) is 5.32. The molecule has 2 atom stereocenters. The largest absolute Gasteiger partial charge is 0.497 e. The normalized spacial score (nSPS) is 18.4. The number of thiocarbonyl (C=S) groups is 1. The second kappa shape index (κ2) is 9.54. The van der Waals surface area contributed by atoms with Gasteiger partial charge in [0.1, 0.15) is 16.1 Å². The van der Waals surface area contributed by atoms with Crippen LogP contribution in [0.3, 0.4) is 0 Å². The molecule has 0 aliphatic carbocycles. The lowest BCUT2D eigenvalue weighted by molar-refractivity contribution is -0.119. The summed E-state index contributed by atoms with van der Waals surface area (Å²) >= 11 is 7.06. The molecule has 32 heavy (non-hydrogen) atoms. The summed E-state index contributed by atoms with van der Waals surface area (Å²) in [7, 11) is 1.60. The van der Waals surface area contributed by atoms with Gasteiger partial charge in [-0.15, -0.1) is 0 Å². The van der Waals surface area contributed by atoms with Gasteiger partial charge >= 0.3 is 0 Å². The maximum atomic E-state index is 13.7. The van der Waals surface area contributed by atoms with Crippen LogP contribution < -0.4 is 15.0 Å². The van der Waals surface area contributed by atoms with Gasteiger partial charge in [0.2, 0.25) is 0 Å². The van der Waals surface area contributed by atoms with Crippen molar-refractivity contribution in [2.75, 3.05) is 12.0 Å². The highest BCUT2D eigenvalue weighted by molar-refractivity contribution is 8.23. The average Bonchev–Trinajstić information content (AvgIpc) is 2.82. The van der Waals surface area contributed by atoms with E-state index in [1.807, 2.05) is 61.5 Å². The number of hydrogen-bond donors (Lipinski definition) is 1. The number of anilines is 1. The molecule has 1 fully saturated rings. The van der Waals surface area contributed by atoms with Crippen LogP contribution >= 0.6 is 24.0 Å². The molecule has 0 saturated carbocycles. The summed E-state index contributed by atoms with van der Waals surface area (Å²) in [5.41, 5.74) is 3.03. The summed E-state index contributed by atoms with van der Waals surface area (Å²) in [5, 5.41) is 2.59. The number of carbonyl (C=O) groups is 2. The fourth-order valence-electron chi connectivity index (χ4n) is 3.62. The first-order chi connectivity index (χ1) is 15.5. The van der Waals surface area contributed by atoms with E-state index in [0.717, 1.165) is 22.6 Å². The van der Waals surface area contributed by atoms with Gasteiger partial charge in [0.05, 0.1) is 18.0 Å². The molecule has 0 radical (unpaired) electrons. The molecule has 0 aromatic heterocycles. The molecule has 1 saturated heterocycles. The minimum absolute atomic E-state index is 0.256. The summed E-state index contributed by atoms with van der Waals surface area (Å²) in [4.78, 5) is 28.3. The van der Waals surface area contributed by atoms with Crippen LogP contribution in [0, 0.1) is 6.92 Å². The van der Waals surface area contributed by atoms with Crippen LogP contribution in [-0.2, 0) is 4.79 Å². The quantitative estimate of drug-likeness (QED) is 0.546. The van der Waals surface area contributed by atoms with Gasteiger partial charge in [-0.2, -0.15) is 0 Å². The SMILES string of the molecule is COc1ccc([C@H]2SC(=S)N(c3ccccc3C)C(=O)[C@H]2NC(=O)c2ccccc2)cc1. The zero-order valence-electron chi connectivity index (χ0n) is 17.6. The third-order valence-corrected chi connectivity index (χ3v) is 6.98. The highest BCUT2D eigenvalue weighted by atomic mass is 32.2. The molecule has 5 nitrogen and oxygen atoms in total. The van der Waals surface area contributed by atoms with E-state index in [-0.39, 0.29) is 17.1 Å². The molecule has 3 aromatic carbocycles. The average molecular weight is 463 g/mol. The van der Waals surface area contributed by atoms with Gasteiger partial charge in [-0.05, 0) is 48.4 Å². The number of nitrogens with one attached hydrogen (secondary N) is 1. The fraction of sp³-hybridized carbons (Fsp3) is 0.160. The predicted molar refractivity (Wildman–Crippen MR) is 132 cm³/mol. The van der Waals surface area contributed by atoms with Crippen molar-refractivity contribution in [1.82, 2.24) is 5.32 Å². The van der Waals surface area contributed by atoms with Crippen LogP contribution in [0.25, 0.3) is 0 Å². The highest BCUT2D eigenvalue weighted by Gasteiger charge is 2.43. The molecule has 0 unspecified atom stereocenters. The Bertz CT molecular complexity index is 1150. The minimum atomic E-state index is -0.799. The molecule has 1 aliphatic heterocycles. The zero-order chi connectivity index (χ0) is 22.7. The zero-order valence-corrected chi connectivity index (χ0v) is 19.3. The Morgan fingerprint density at radius 1 is 1.00 bits per heavy atom. The summed E-state index contributed by atoms with van der Waals surface area (Å²) in [6.07, 6.45) is 0. The Balaban J connectivity index is 1.72. The number of rotatable bonds is 5. The molecule has 4 rings (SSSR count). The van der Waals surface area contributed by atoms with E-state index < -0.39 is 6.04 Å². The molecular formula is C25H22N2O3S2. The summed E-state index contributed by atoms with van der Waals surface area (Å²) < 4.78 is 5.71. The lowest BCUT2D eigenvalue weighted by Gasteiger charge is -2.38. The first kappa shape index (κ1) is 22.0. The van der Waals surface area contributed by atoms with E-state index in [2.05, 4.69) is 5.32 Å². The van der Waals surface area contributed by atoms with Gasteiger partial charge in [0, 0.05) is 5.56 Å². The van der Waals surface area contributed by atoms with E-state index in [1.54, 1.807) is 31.4 Å². The highest BCUT2D eigenvalue weighted by Crippen LogP contribution is 2.42. The number of carbonyl (C=O) groups excluding carboxylic acids is 2. The Kier molecular flexibility index (Phi) is 6.58. The van der Waals surface area contributed by atoms with Crippen LogP contribution in [0.1, 0.15) is 26.7 Å². The molecular weight excluding hydrogens is 440 g/mol. The maximum absolute atomic E-state index is 13.7. The lowest BCUT2D eigenvalue weighted by Crippen LogP contribution is -2.56. The van der Waals surface area contributed by atoms with Crippen molar-refractivity contribution >= 4 is 45.8 Å². The topological polar surface area (TPSA) is 58.6 Å². The summed E-state index contributed by atoms with van der Waals surface area (Å²) in [6.45, 7) is 1.93. The summed E-state index contributed by atoms with van der Waals surface area (Å²) in [5.74, 6) is 0.156. The molecule has 3 aromatic rings. The number of thioether (sulfide) groups is 1. The molecule has 162 valence electrons. The number of nitrogens with zero attached hydrogens (tertiary/aromatic N) is 1. The molecule has 1 heterocycles. The standard InChI is InChI=1S/C25H22N2O3S2/c1-16-8-6-7-11-20(16)27-24(29)21(26-23(28)18-9-4-3-5-10-18)22(32-25(27)31)17-12-14-19(30-2)15-13-17/h3-15,21-22H,1-2H3,(H,26,28)/t21-,22+/m0/s1. The second-order valence-corrected chi connectivity index (χ2v) is 9.13. The molecule has 2 amide bonds. The first-order valence-corrected chi connectivity index (χ1v) is 11.4. The number of hydrogen-bond acceptors (Lipinski definition) is 5. The number of aryl methyl sites for hydroxylation is 1. The first-order valence-electron chi connectivity index (χ1n) is 10.1. The van der Waals surface area contributed by atoms with Gasteiger partial charge in [-0.1, -0.05) is 72.5 Å². The van der Waals surface area contributed by atoms with Crippen LogP contribution in [0.15, 0.2) is 78.9 Å². The number of methoxy groups -OCH3 is 1. The third kappa shape index (κ3) is 4.40. The molecule has 0 bridgehead atoms. The smallest absolute Gasteiger partial charge is 0.256 e. The maximum Gasteiger partial charge on any atom is 0.256 e. The molecule has 0 spiro atoms. The monoisotopic (exact) mass is 462 g/mol. The van der Waals surface area contributed by atoms with E-state index in [1.165, 1.54) is 16.7 Å². The Hall–Kier alpha value is -3.16. The van der Waals surface area contributed by atoms with Crippen molar-refractivity contribution in [1.29, 1.82) is 0 Å². The second-order valence-electron chi connectivity index (χ2n) is 7.35. The number of amides is 2. The van der Waals surface area contributed by atoms with Gasteiger partial charge in [-0.3, -0.25) is 14.5 Å². The van der Waals surface area contributed by atoms with Crippen LogP contribution in [0.2, 0.25) is 0 Å². The van der Waals surface area contributed by atoms with Crippen LogP contribution in [-0.4, -0.2) is 29.3 Å². The number of para-hydroxylation sites is 1. The number of benzene rings is 3. The van der Waals surface area contributed by atoms with Crippen molar-refractivity contribution in [2.45, 2.75) is 18.2 Å². The van der Waals surface area contributed by atoms with E-state index >= 15 is 0 Å². The number of ether oxygens (including phenoxy) is 1. The van der Waals surface area contributed by atoms with E-state index in [4.69, 9.17) is 17.0 Å². The predicted octanol–water partition coefficient (Wildman–Crippen LogP) is 4.91. The van der Waals surface area contributed by atoms with Crippen molar-refractivity contribution in [3.05, 3.63) is 95.6 Å². The van der Waals surface area contributed by atoms with Crippen molar-refractivity contribution in [3.63, 3.8) is 0 Å². The molecule has 7 heteroatoms. The molecule has 1 N–H and O–H groups in total. The Morgan fingerprint density at radius 2 is 1.66 bits per heavy atom. The van der Waals surface area contributed by atoms with E-state index in [9.17, 15) is 9.59 Å². The van der Waals surface area contributed by atoms with E-state index in [0.29, 0.717) is 9.88 Å². The van der Waals surface area contributed by atoms with Crippen LogP contribution in [0.4, 0.5) is 5.69 Å². The van der Waals surface area contributed by atoms with Gasteiger partial charge in [-0.25, -0.2) is 0 Å². The Labute approximate surface area is 196 Å².